The van der Waals surface area contributed by atoms with Crippen LogP contribution in [0.1, 0.15) is 19.8 Å². The third kappa shape index (κ3) is 4.71. The van der Waals surface area contributed by atoms with Gasteiger partial charge in [-0.2, -0.15) is 0 Å². The van der Waals surface area contributed by atoms with Crippen molar-refractivity contribution in [2.75, 3.05) is 6.54 Å². The molecule has 18 heavy (non-hydrogen) atoms. The average molecular weight is 290 g/mol. The fraction of sp³-hybridized carbons (Fsp3) is 0.600. The van der Waals surface area contributed by atoms with Crippen LogP contribution in [0.25, 0.3) is 0 Å². The number of rotatable bonds is 8. The standard InChI is InChI=1S/C10H18N4O2S2/c1-9(10(11)17)18(15,16)13-4-2-3-6-14-7-5-12-8-14/h5,7-9,13H,2-4,6H2,1H3,(H2,11,17). The van der Waals surface area contributed by atoms with Gasteiger partial charge in [-0.25, -0.2) is 18.1 Å². The van der Waals surface area contributed by atoms with Crippen LogP contribution < -0.4 is 10.5 Å². The quantitative estimate of drug-likeness (QED) is 0.529. The van der Waals surface area contributed by atoms with Crippen LogP contribution in [-0.4, -0.2) is 34.8 Å². The maximum Gasteiger partial charge on any atom is 0.220 e. The van der Waals surface area contributed by atoms with Gasteiger partial charge in [0.25, 0.3) is 0 Å². The highest BCUT2D eigenvalue weighted by molar-refractivity contribution is 7.93. The van der Waals surface area contributed by atoms with Gasteiger partial charge in [0.05, 0.1) is 11.3 Å². The van der Waals surface area contributed by atoms with Crippen molar-refractivity contribution < 1.29 is 8.42 Å². The molecule has 1 heterocycles. The summed E-state index contributed by atoms with van der Waals surface area (Å²) in [6.45, 7) is 2.70. The third-order valence-corrected chi connectivity index (χ3v) is 4.87. The van der Waals surface area contributed by atoms with E-state index in [9.17, 15) is 8.42 Å². The zero-order valence-corrected chi connectivity index (χ0v) is 11.9. The molecule has 1 aromatic heterocycles. The lowest BCUT2D eigenvalue weighted by atomic mass is 10.3. The fourth-order valence-electron chi connectivity index (χ4n) is 1.33. The number of thiocarbonyl (C=S) groups is 1. The Morgan fingerprint density at radius 3 is 2.83 bits per heavy atom. The summed E-state index contributed by atoms with van der Waals surface area (Å²) in [4.78, 5) is 3.91. The maximum absolute atomic E-state index is 11.7. The zero-order chi connectivity index (χ0) is 13.6. The van der Waals surface area contributed by atoms with Gasteiger partial charge in [-0.15, -0.1) is 0 Å². The van der Waals surface area contributed by atoms with Crippen LogP contribution in [0.4, 0.5) is 0 Å². The van der Waals surface area contributed by atoms with Crippen molar-refractivity contribution >= 4 is 27.2 Å². The lowest BCUT2D eigenvalue weighted by molar-refractivity contribution is 0.563. The number of aromatic nitrogens is 2. The zero-order valence-electron chi connectivity index (χ0n) is 10.2. The van der Waals surface area contributed by atoms with E-state index in [2.05, 4.69) is 21.9 Å². The van der Waals surface area contributed by atoms with Gasteiger partial charge >= 0.3 is 0 Å². The van der Waals surface area contributed by atoms with Gasteiger partial charge in [0.1, 0.15) is 5.25 Å². The lowest BCUT2D eigenvalue weighted by Crippen LogP contribution is -2.40. The molecule has 102 valence electrons. The van der Waals surface area contributed by atoms with Crippen molar-refractivity contribution in [3.05, 3.63) is 18.7 Å². The SMILES string of the molecule is CC(C(N)=S)S(=O)(=O)NCCCCn1ccnc1. The molecule has 0 aromatic carbocycles. The van der Waals surface area contributed by atoms with Gasteiger partial charge in [0.15, 0.2) is 0 Å². The summed E-state index contributed by atoms with van der Waals surface area (Å²) < 4.78 is 27.8. The first kappa shape index (κ1) is 15.1. The molecule has 0 saturated carbocycles. The first-order valence-electron chi connectivity index (χ1n) is 5.67. The summed E-state index contributed by atoms with van der Waals surface area (Å²) in [5.74, 6) is 0. The Morgan fingerprint density at radius 2 is 2.28 bits per heavy atom. The van der Waals surface area contributed by atoms with Crippen LogP contribution in [0.2, 0.25) is 0 Å². The predicted octanol–water partition coefficient (Wildman–Crippen LogP) is 0.257. The molecule has 1 aromatic rings. The Kier molecular flexibility index (Phi) is 5.70. The van der Waals surface area contributed by atoms with Crippen molar-refractivity contribution in [2.24, 2.45) is 5.73 Å². The minimum Gasteiger partial charge on any atom is -0.392 e. The molecule has 0 bridgehead atoms. The van der Waals surface area contributed by atoms with E-state index in [1.165, 1.54) is 6.92 Å². The number of nitrogens with two attached hydrogens (primary N) is 1. The number of nitrogens with one attached hydrogen (secondary N) is 1. The van der Waals surface area contributed by atoms with E-state index in [1.54, 1.807) is 12.5 Å². The van der Waals surface area contributed by atoms with Crippen LogP contribution >= 0.6 is 12.2 Å². The molecule has 8 heteroatoms. The number of unbranched alkanes of at least 4 members (excludes halogenated alkanes) is 1. The molecule has 1 unspecified atom stereocenters. The lowest BCUT2D eigenvalue weighted by Gasteiger charge is -2.12. The Bertz CT molecular complexity index is 470. The van der Waals surface area contributed by atoms with Gasteiger partial charge in [-0.1, -0.05) is 12.2 Å². The fourth-order valence-corrected chi connectivity index (χ4v) is 2.70. The second kappa shape index (κ2) is 6.81. The van der Waals surface area contributed by atoms with E-state index in [-0.39, 0.29) is 4.99 Å². The number of aryl methyl sites for hydroxylation is 1. The summed E-state index contributed by atoms with van der Waals surface area (Å²) in [5.41, 5.74) is 5.32. The molecule has 0 aliphatic carbocycles. The van der Waals surface area contributed by atoms with Crippen molar-refractivity contribution in [3.8, 4) is 0 Å². The molecule has 0 spiro atoms. The first-order valence-corrected chi connectivity index (χ1v) is 7.62. The molecule has 1 atom stereocenters. The van der Waals surface area contributed by atoms with Crippen LogP contribution in [0.5, 0.6) is 0 Å². The number of hydrogen-bond acceptors (Lipinski definition) is 4. The molecule has 0 radical (unpaired) electrons. The highest BCUT2D eigenvalue weighted by Gasteiger charge is 2.22. The van der Waals surface area contributed by atoms with Crippen molar-refractivity contribution in [3.63, 3.8) is 0 Å². The Morgan fingerprint density at radius 1 is 1.56 bits per heavy atom. The topological polar surface area (TPSA) is 90.0 Å². The summed E-state index contributed by atoms with van der Waals surface area (Å²) in [7, 11) is -3.43. The van der Waals surface area contributed by atoms with Crippen LogP contribution in [0.15, 0.2) is 18.7 Å². The Hall–Kier alpha value is -0.990. The average Bonchev–Trinajstić information content (AvgIpc) is 2.80. The van der Waals surface area contributed by atoms with Gasteiger partial charge in [0.2, 0.25) is 10.0 Å². The maximum atomic E-state index is 11.7. The highest BCUT2D eigenvalue weighted by Crippen LogP contribution is 2.00. The van der Waals surface area contributed by atoms with E-state index in [0.29, 0.717) is 6.54 Å². The Labute approximate surface area is 113 Å². The number of hydrogen-bond donors (Lipinski definition) is 2. The highest BCUT2D eigenvalue weighted by atomic mass is 32.2. The van der Waals surface area contributed by atoms with Crippen molar-refractivity contribution in [2.45, 2.75) is 31.6 Å². The largest absolute Gasteiger partial charge is 0.392 e. The summed E-state index contributed by atoms with van der Waals surface area (Å²) in [6, 6.07) is 0. The molecule has 0 saturated heterocycles. The van der Waals surface area contributed by atoms with Gasteiger partial charge < -0.3 is 10.3 Å². The van der Waals surface area contributed by atoms with Crippen molar-refractivity contribution in [1.29, 1.82) is 0 Å². The van der Waals surface area contributed by atoms with E-state index in [1.807, 2.05) is 10.8 Å². The molecular weight excluding hydrogens is 272 g/mol. The van der Waals surface area contributed by atoms with Gasteiger partial charge in [-0.05, 0) is 19.8 Å². The monoisotopic (exact) mass is 290 g/mol. The number of imidazole rings is 1. The smallest absolute Gasteiger partial charge is 0.220 e. The molecule has 6 nitrogen and oxygen atoms in total. The molecule has 0 fully saturated rings. The summed E-state index contributed by atoms with van der Waals surface area (Å²) in [6.07, 6.45) is 6.95. The van der Waals surface area contributed by atoms with Gasteiger partial charge in [0, 0.05) is 25.5 Å². The molecule has 0 amide bonds. The first-order chi connectivity index (χ1) is 8.43. The molecular formula is C10H18N4O2S2. The second-order valence-corrected chi connectivity index (χ2v) is 6.55. The van der Waals surface area contributed by atoms with Gasteiger partial charge in [-0.3, -0.25) is 0 Å². The van der Waals surface area contributed by atoms with Crippen LogP contribution in [0, 0.1) is 0 Å². The van der Waals surface area contributed by atoms with E-state index < -0.39 is 15.3 Å². The minimum atomic E-state index is -3.43. The molecule has 1 rings (SSSR count). The van der Waals surface area contributed by atoms with Crippen LogP contribution in [-0.2, 0) is 16.6 Å². The van der Waals surface area contributed by atoms with E-state index >= 15 is 0 Å². The minimum absolute atomic E-state index is 0.0130. The summed E-state index contributed by atoms with van der Waals surface area (Å²) in [5, 5.41) is -0.832. The normalized spacial score (nSPS) is 13.4. The summed E-state index contributed by atoms with van der Waals surface area (Å²) >= 11 is 4.67. The Balaban J connectivity index is 2.23. The predicted molar refractivity (Wildman–Crippen MR) is 74.6 cm³/mol. The van der Waals surface area contributed by atoms with E-state index in [0.717, 1.165) is 19.4 Å². The number of sulfonamides is 1. The van der Waals surface area contributed by atoms with Crippen molar-refractivity contribution in [1.82, 2.24) is 14.3 Å². The second-order valence-electron chi connectivity index (χ2n) is 3.99. The number of nitrogens with zero attached hydrogens (tertiary/aromatic N) is 2. The van der Waals surface area contributed by atoms with Crippen LogP contribution in [0.3, 0.4) is 0 Å². The molecule has 3 N–H and O–H groups in total. The third-order valence-electron chi connectivity index (χ3n) is 2.57. The molecule has 0 aliphatic heterocycles. The van der Waals surface area contributed by atoms with E-state index in [4.69, 9.17) is 5.73 Å². The molecule has 0 aliphatic rings.